The molecule has 0 aromatic heterocycles. The highest BCUT2D eigenvalue weighted by atomic mass is 32.2. The summed E-state index contributed by atoms with van der Waals surface area (Å²) in [5, 5.41) is 0.363. The van der Waals surface area contributed by atoms with Crippen molar-refractivity contribution in [3.8, 4) is 0 Å². The highest BCUT2D eigenvalue weighted by Gasteiger charge is 2.08. The molecule has 1 aromatic carbocycles. The molecule has 1 rings (SSSR count). The zero-order valence-corrected chi connectivity index (χ0v) is 8.96. The SMILES string of the molecule is O=C(NCCc1cccc(F)c1)S(=O)(=O)[O-]. The molecule has 0 bridgehead atoms. The van der Waals surface area contributed by atoms with E-state index >= 15 is 0 Å². The van der Waals surface area contributed by atoms with Crippen molar-refractivity contribution < 1.29 is 22.2 Å². The molecule has 0 heterocycles. The Balaban J connectivity index is 2.45. The van der Waals surface area contributed by atoms with Crippen molar-refractivity contribution in [3.63, 3.8) is 0 Å². The van der Waals surface area contributed by atoms with Gasteiger partial charge in [0.1, 0.15) is 5.82 Å². The molecule has 0 unspecified atom stereocenters. The quantitative estimate of drug-likeness (QED) is 0.792. The molecule has 7 heteroatoms. The van der Waals surface area contributed by atoms with Crippen LogP contribution in [0.3, 0.4) is 0 Å². The maximum Gasteiger partial charge on any atom is 0.324 e. The van der Waals surface area contributed by atoms with E-state index in [0.717, 1.165) is 0 Å². The third-order valence-electron chi connectivity index (χ3n) is 1.80. The van der Waals surface area contributed by atoms with Crippen LogP contribution in [0.5, 0.6) is 0 Å². The van der Waals surface area contributed by atoms with Gasteiger partial charge in [0.25, 0.3) is 0 Å². The van der Waals surface area contributed by atoms with Gasteiger partial charge in [-0.3, -0.25) is 4.79 Å². The summed E-state index contributed by atoms with van der Waals surface area (Å²) in [6.45, 7) is -0.0379. The summed E-state index contributed by atoms with van der Waals surface area (Å²) >= 11 is 0. The molecule has 0 saturated heterocycles. The molecule has 0 radical (unpaired) electrons. The van der Waals surface area contributed by atoms with Gasteiger partial charge in [-0.2, -0.15) is 0 Å². The second-order valence-electron chi connectivity index (χ2n) is 3.05. The molecule has 0 spiro atoms. The van der Waals surface area contributed by atoms with E-state index in [0.29, 0.717) is 5.56 Å². The maximum absolute atomic E-state index is 12.7. The van der Waals surface area contributed by atoms with Crippen LogP contribution in [0.25, 0.3) is 0 Å². The predicted molar refractivity (Wildman–Crippen MR) is 53.2 cm³/mol. The average molecular weight is 246 g/mol. The molecule has 5 nitrogen and oxygen atoms in total. The number of hydrogen-bond donors (Lipinski definition) is 1. The van der Waals surface area contributed by atoms with Crippen LogP contribution in [-0.4, -0.2) is 24.8 Å². The van der Waals surface area contributed by atoms with E-state index in [1.165, 1.54) is 18.2 Å². The Labute approximate surface area is 92.0 Å². The maximum atomic E-state index is 12.7. The minimum Gasteiger partial charge on any atom is -0.740 e. The van der Waals surface area contributed by atoms with Crippen molar-refractivity contribution >= 4 is 15.4 Å². The van der Waals surface area contributed by atoms with Crippen LogP contribution in [0.4, 0.5) is 9.18 Å². The van der Waals surface area contributed by atoms with Crippen LogP contribution in [0.1, 0.15) is 5.56 Å². The highest BCUT2D eigenvalue weighted by molar-refractivity contribution is 8.01. The molecule has 1 amide bonds. The van der Waals surface area contributed by atoms with Gasteiger partial charge >= 0.3 is 5.24 Å². The van der Waals surface area contributed by atoms with Gasteiger partial charge in [-0.05, 0) is 24.1 Å². The van der Waals surface area contributed by atoms with E-state index in [1.54, 1.807) is 6.07 Å². The van der Waals surface area contributed by atoms with Gasteiger partial charge < -0.3 is 9.87 Å². The Bertz CT molecular complexity index is 486. The molecular formula is C9H9FNO4S-. The van der Waals surface area contributed by atoms with Crippen LogP contribution < -0.4 is 5.32 Å². The lowest BCUT2D eigenvalue weighted by atomic mass is 10.1. The van der Waals surface area contributed by atoms with Gasteiger partial charge in [0, 0.05) is 6.54 Å². The summed E-state index contributed by atoms with van der Waals surface area (Å²) in [6, 6.07) is 5.65. The van der Waals surface area contributed by atoms with Crippen molar-refractivity contribution in [2.24, 2.45) is 0 Å². The number of rotatable bonds is 3. The molecule has 0 atom stereocenters. The van der Waals surface area contributed by atoms with Crippen LogP contribution in [0.15, 0.2) is 24.3 Å². The van der Waals surface area contributed by atoms with E-state index in [1.807, 2.05) is 5.32 Å². The minimum atomic E-state index is -4.94. The molecule has 0 aliphatic rings. The van der Waals surface area contributed by atoms with E-state index in [4.69, 9.17) is 0 Å². The summed E-state index contributed by atoms with van der Waals surface area (Å²) in [6.07, 6.45) is 0.249. The second kappa shape index (κ2) is 5.04. The van der Waals surface area contributed by atoms with Gasteiger partial charge in [-0.15, -0.1) is 0 Å². The first-order valence-corrected chi connectivity index (χ1v) is 5.78. The highest BCUT2D eigenvalue weighted by Crippen LogP contribution is 2.03. The molecule has 1 aromatic rings. The summed E-state index contributed by atoms with van der Waals surface area (Å²) < 4.78 is 43.3. The van der Waals surface area contributed by atoms with Gasteiger partial charge in [0.15, 0.2) is 10.1 Å². The number of halogens is 1. The van der Waals surface area contributed by atoms with E-state index in [2.05, 4.69) is 0 Å². The van der Waals surface area contributed by atoms with Gasteiger partial charge in [0.05, 0.1) is 0 Å². The molecule has 16 heavy (non-hydrogen) atoms. The van der Waals surface area contributed by atoms with Gasteiger partial charge in [-0.1, -0.05) is 12.1 Å². The number of nitrogens with one attached hydrogen (secondary N) is 1. The number of hydrogen-bond acceptors (Lipinski definition) is 4. The first-order chi connectivity index (χ1) is 7.39. The minimum absolute atomic E-state index is 0.0379. The fourth-order valence-corrected chi connectivity index (χ4v) is 1.37. The summed E-state index contributed by atoms with van der Waals surface area (Å²) in [7, 11) is -4.94. The molecule has 1 N–H and O–H groups in total. The Morgan fingerprint density at radius 3 is 2.69 bits per heavy atom. The predicted octanol–water partition coefficient (Wildman–Crippen LogP) is 0.623. The third kappa shape index (κ3) is 3.95. The zero-order valence-electron chi connectivity index (χ0n) is 8.14. The van der Waals surface area contributed by atoms with Crippen LogP contribution >= 0.6 is 0 Å². The van der Waals surface area contributed by atoms with Gasteiger partial charge in [-0.25, -0.2) is 12.8 Å². The molecule has 88 valence electrons. The van der Waals surface area contributed by atoms with Gasteiger partial charge in [0.2, 0.25) is 0 Å². The Morgan fingerprint density at radius 1 is 1.44 bits per heavy atom. The first kappa shape index (κ1) is 12.6. The van der Waals surface area contributed by atoms with Crippen molar-refractivity contribution in [1.82, 2.24) is 5.32 Å². The topological polar surface area (TPSA) is 86.3 Å². The van der Waals surface area contributed by atoms with Crippen molar-refractivity contribution in [1.29, 1.82) is 0 Å². The lowest BCUT2D eigenvalue weighted by Crippen LogP contribution is -2.30. The number of benzene rings is 1. The lowest BCUT2D eigenvalue weighted by molar-refractivity contribution is 0.255. The number of carbonyl (C=O) groups is 1. The fraction of sp³-hybridized carbons (Fsp3) is 0.222. The molecule has 0 aliphatic carbocycles. The zero-order chi connectivity index (χ0) is 12.2. The summed E-state index contributed by atoms with van der Waals surface area (Å²) in [4.78, 5) is 10.6. The third-order valence-corrected chi connectivity index (χ3v) is 2.40. The van der Waals surface area contributed by atoms with Crippen molar-refractivity contribution in [2.75, 3.05) is 6.54 Å². The average Bonchev–Trinajstić information content (AvgIpc) is 2.16. The lowest BCUT2D eigenvalue weighted by Gasteiger charge is -2.07. The van der Waals surface area contributed by atoms with E-state index in [9.17, 15) is 22.2 Å². The van der Waals surface area contributed by atoms with Crippen LogP contribution in [0, 0.1) is 5.82 Å². The van der Waals surface area contributed by atoms with Crippen LogP contribution in [0.2, 0.25) is 0 Å². The smallest absolute Gasteiger partial charge is 0.324 e. The molecular weight excluding hydrogens is 237 g/mol. The molecule has 0 saturated carbocycles. The first-order valence-electron chi connectivity index (χ1n) is 4.38. The second-order valence-corrected chi connectivity index (χ2v) is 4.33. The Morgan fingerprint density at radius 2 is 2.12 bits per heavy atom. The van der Waals surface area contributed by atoms with Crippen LogP contribution in [-0.2, 0) is 16.5 Å². The Hall–Kier alpha value is -1.47. The largest absolute Gasteiger partial charge is 0.740 e. The van der Waals surface area contributed by atoms with Crippen molar-refractivity contribution in [3.05, 3.63) is 35.6 Å². The van der Waals surface area contributed by atoms with E-state index in [-0.39, 0.29) is 13.0 Å². The number of amides is 1. The number of carbonyl (C=O) groups excluding carboxylic acids is 1. The Kier molecular flexibility index (Phi) is 3.97. The molecule has 0 aliphatic heterocycles. The van der Waals surface area contributed by atoms with E-state index < -0.39 is 21.2 Å². The van der Waals surface area contributed by atoms with Crippen molar-refractivity contribution in [2.45, 2.75) is 6.42 Å². The monoisotopic (exact) mass is 246 g/mol. The summed E-state index contributed by atoms with van der Waals surface area (Å²) in [5.74, 6) is -0.416. The standard InChI is InChI=1S/C9H10FNO4S/c10-8-3-1-2-7(6-8)4-5-11-9(12)16(13,14)15/h1-3,6H,4-5H2,(H,11,12)(H,13,14,15)/p-1. The normalized spacial score (nSPS) is 11.1. The fourth-order valence-electron chi connectivity index (χ4n) is 1.09. The molecule has 0 fully saturated rings. The summed E-state index contributed by atoms with van der Waals surface area (Å²) in [5.41, 5.74) is 0.601.